The average molecular weight is 684 g/mol. The van der Waals surface area contributed by atoms with Crippen LogP contribution in [0.2, 0.25) is 0 Å². The molecule has 15 heteroatoms. The van der Waals surface area contributed by atoms with E-state index in [0.29, 0.717) is 23.3 Å². The van der Waals surface area contributed by atoms with E-state index in [1.165, 1.54) is 6.92 Å². The third-order valence-electron chi connectivity index (χ3n) is 7.35. The molecule has 1 aromatic rings. The van der Waals surface area contributed by atoms with Crippen LogP contribution in [-0.4, -0.2) is 79.0 Å². The summed E-state index contributed by atoms with van der Waals surface area (Å²) in [4.78, 5) is 37.9. The van der Waals surface area contributed by atoms with Crippen molar-refractivity contribution in [2.24, 2.45) is 0 Å². The smallest absolute Gasteiger partial charge is 0.408 e. The molecule has 3 unspecified atom stereocenters. The van der Waals surface area contributed by atoms with E-state index in [0.717, 1.165) is 11.1 Å². The van der Waals surface area contributed by atoms with E-state index >= 15 is 0 Å². The Morgan fingerprint density at radius 3 is 2.13 bits per heavy atom. The maximum absolute atomic E-state index is 13.5. The Kier molecular flexibility index (Phi) is 12.4. The normalized spacial score (nSPS) is 16.2. The van der Waals surface area contributed by atoms with E-state index in [1.54, 1.807) is 55.4 Å². The number of rotatable bonds is 12. The number of aliphatic carboxylic acids is 1. The van der Waals surface area contributed by atoms with Gasteiger partial charge in [-0.2, -0.15) is 0 Å². The van der Waals surface area contributed by atoms with Gasteiger partial charge in [-0.05, 0) is 113 Å². The molecule has 3 atom stereocenters. The van der Waals surface area contributed by atoms with Gasteiger partial charge in [0, 0.05) is 18.5 Å². The number of fused-ring (bicyclic) bond motifs is 1. The summed E-state index contributed by atoms with van der Waals surface area (Å²) in [5.41, 5.74) is 0.655. The van der Waals surface area contributed by atoms with Crippen LogP contribution in [0.25, 0.3) is 0 Å². The number of ether oxygens (including phenoxy) is 3. The lowest BCUT2D eigenvalue weighted by molar-refractivity contribution is -0.150. The van der Waals surface area contributed by atoms with E-state index in [9.17, 15) is 27.9 Å². The van der Waals surface area contributed by atoms with Crippen LogP contribution in [0.15, 0.2) is 4.90 Å². The number of carboxylic acid groups (broad SMARTS) is 1. The largest absolute Gasteiger partial charge is 0.487 e. The van der Waals surface area contributed by atoms with Gasteiger partial charge in [-0.25, -0.2) is 22.7 Å². The average Bonchev–Trinajstić information content (AvgIpc) is 3.20. The van der Waals surface area contributed by atoms with Crippen LogP contribution in [0.4, 0.5) is 4.79 Å². The molecule has 266 valence electrons. The molecule has 2 rings (SSSR count). The maximum atomic E-state index is 13.5. The number of guanidine groups is 1. The number of carbonyl (C=O) groups excluding carboxylic acids is 2. The number of benzene rings is 1. The highest BCUT2D eigenvalue weighted by atomic mass is 32.2. The Morgan fingerprint density at radius 2 is 1.60 bits per heavy atom. The molecule has 0 aliphatic carbocycles. The number of nitrogens with one attached hydrogen (secondary N) is 5. The second kappa shape index (κ2) is 14.7. The molecule has 0 fully saturated rings. The summed E-state index contributed by atoms with van der Waals surface area (Å²) < 4.78 is 46.3. The number of carbonyl (C=O) groups is 3. The van der Waals surface area contributed by atoms with Crippen molar-refractivity contribution < 1.29 is 42.1 Å². The van der Waals surface area contributed by atoms with Gasteiger partial charge in [-0.15, -0.1) is 0 Å². The summed E-state index contributed by atoms with van der Waals surface area (Å²) in [5, 5.41) is 25.7. The third-order valence-corrected chi connectivity index (χ3v) is 8.97. The summed E-state index contributed by atoms with van der Waals surface area (Å²) in [6.45, 7) is 21.0. The first-order valence-electron chi connectivity index (χ1n) is 15.6. The van der Waals surface area contributed by atoms with Gasteiger partial charge >= 0.3 is 12.1 Å². The fraction of sp³-hybridized carbons (Fsp3) is 0.688. The molecule has 0 saturated heterocycles. The molecule has 0 radical (unpaired) electrons. The molecule has 14 nitrogen and oxygen atoms in total. The first-order chi connectivity index (χ1) is 21.2. The van der Waals surface area contributed by atoms with Gasteiger partial charge in [0.2, 0.25) is 11.9 Å². The number of hydrogen-bond acceptors (Lipinski definition) is 9. The molecule has 1 aliphatic heterocycles. The molecule has 0 spiro atoms. The summed E-state index contributed by atoms with van der Waals surface area (Å²) >= 11 is 0. The van der Waals surface area contributed by atoms with Crippen molar-refractivity contribution in [1.29, 1.82) is 5.41 Å². The standard InChI is InChI=1S/C32H53N5O9S/c1-17-18(2)25(19(3)21-16-32(11,12)45-24(17)21)47(42,43)37-28(33)34-15-13-14-22(35-29(41)46-31(8,9)10)26(38)36-23(27(39)40)20(4)44-30(5,6)7/h20,22-23H,13-16H2,1-12H3,(H,35,41)(H,36,38)(H,39,40)(H3,33,34,37). The van der Waals surface area contributed by atoms with Gasteiger partial charge in [-0.3, -0.25) is 10.2 Å². The monoisotopic (exact) mass is 683 g/mol. The Balaban J connectivity index is 2.13. The van der Waals surface area contributed by atoms with Crippen molar-refractivity contribution in [3.8, 4) is 5.75 Å². The molecule has 0 saturated carbocycles. The zero-order chi connectivity index (χ0) is 36.3. The van der Waals surface area contributed by atoms with Crippen molar-refractivity contribution in [3.05, 3.63) is 22.3 Å². The minimum Gasteiger partial charge on any atom is -0.487 e. The molecular weight excluding hydrogens is 630 g/mol. The first-order valence-corrected chi connectivity index (χ1v) is 17.1. The zero-order valence-electron chi connectivity index (χ0n) is 29.7. The van der Waals surface area contributed by atoms with Crippen molar-refractivity contribution in [2.75, 3.05) is 6.54 Å². The molecule has 1 aromatic carbocycles. The minimum atomic E-state index is -4.14. The van der Waals surface area contributed by atoms with Crippen molar-refractivity contribution in [3.63, 3.8) is 0 Å². The lowest BCUT2D eigenvalue weighted by atomic mass is 9.94. The predicted molar refractivity (Wildman–Crippen MR) is 177 cm³/mol. The number of amides is 2. The number of carboxylic acids is 1. The van der Waals surface area contributed by atoms with E-state index in [2.05, 4.69) is 20.7 Å². The summed E-state index contributed by atoms with van der Waals surface area (Å²) in [7, 11) is -4.14. The number of hydrogen-bond donors (Lipinski definition) is 6. The quantitative estimate of drug-likeness (QED) is 0.107. The maximum Gasteiger partial charge on any atom is 0.408 e. The van der Waals surface area contributed by atoms with Gasteiger partial charge in [0.25, 0.3) is 10.0 Å². The molecule has 47 heavy (non-hydrogen) atoms. The van der Waals surface area contributed by atoms with Crippen LogP contribution >= 0.6 is 0 Å². The van der Waals surface area contributed by atoms with Crippen LogP contribution < -0.4 is 25.4 Å². The predicted octanol–water partition coefficient (Wildman–Crippen LogP) is 3.57. The van der Waals surface area contributed by atoms with Crippen LogP contribution in [0.3, 0.4) is 0 Å². The second-order valence-corrected chi connectivity index (χ2v) is 16.2. The van der Waals surface area contributed by atoms with E-state index in [4.69, 9.17) is 19.6 Å². The molecule has 1 heterocycles. The highest BCUT2D eigenvalue weighted by molar-refractivity contribution is 7.90. The topological polar surface area (TPSA) is 205 Å². The van der Waals surface area contributed by atoms with E-state index in [1.807, 2.05) is 20.8 Å². The fourth-order valence-corrected chi connectivity index (χ4v) is 6.89. The molecule has 2 amide bonds. The van der Waals surface area contributed by atoms with Crippen LogP contribution in [-0.2, 0) is 35.5 Å². The highest BCUT2D eigenvalue weighted by Crippen LogP contribution is 2.43. The lowest BCUT2D eigenvalue weighted by Crippen LogP contribution is -2.56. The lowest BCUT2D eigenvalue weighted by Gasteiger charge is -2.30. The van der Waals surface area contributed by atoms with Crippen LogP contribution in [0.5, 0.6) is 5.75 Å². The second-order valence-electron chi connectivity index (χ2n) is 14.6. The minimum absolute atomic E-state index is 0.0109. The van der Waals surface area contributed by atoms with Gasteiger partial charge in [0.15, 0.2) is 6.04 Å². The Bertz CT molecular complexity index is 1480. The van der Waals surface area contributed by atoms with E-state index in [-0.39, 0.29) is 24.3 Å². The third kappa shape index (κ3) is 11.3. The van der Waals surface area contributed by atoms with Crippen LogP contribution in [0, 0.1) is 26.2 Å². The highest BCUT2D eigenvalue weighted by Gasteiger charge is 2.37. The fourth-order valence-electron chi connectivity index (χ4n) is 5.37. The molecule has 0 bridgehead atoms. The van der Waals surface area contributed by atoms with Gasteiger partial charge in [-0.1, -0.05) is 0 Å². The molecule has 0 aromatic heterocycles. The van der Waals surface area contributed by atoms with Crippen molar-refractivity contribution in [1.82, 2.24) is 20.7 Å². The summed E-state index contributed by atoms with van der Waals surface area (Å²) in [6, 6.07) is -2.61. The zero-order valence-corrected chi connectivity index (χ0v) is 30.5. The summed E-state index contributed by atoms with van der Waals surface area (Å²) in [5.74, 6) is -1.86. The summed E-state index contributed by atoms with van der Waals surface area (Å²) in [6.07, 6.45) is -1.02. The Labute approximate surface area is 278 Å². The Morgan fingerprint density at radius 1 is 1.00 bits per heavy atom. The van der Waals surface area contributed by atoms with E-state index < -0.39 is 68.9 Å². The van der Waals surface area contributed by atoms with Crippen molar-refractivity contribution in [2.45, 2.75) is 142 Å². The molecule has 6 N–H and O–H groups in total. The first kappa shape index (κ1) is 39.6. The SMILES string of the molecule is Cc1c(C)c(S(=O)(=O)NC(=N)NCCCC(NC(=O)OC(C)(C)C)C(=O)NC(C(=O)O)C(C)OC(C)(C)C)c(C)c2c1OC(C)(C)C2. The number of sulfonamides is 1. The van der Waals surface area contributed by atoms with Crippen molar-refractivity contribution >= 4 is 34.0 Å². The van der Waals surface area contributed by atoms with Gasteiger partial charge in [0.1, 0.15) is 23.0 Å². The Hall–Kier alpha value is -3.59. The van der Waals surface area contributed by atoms with Gasteiger partial charge < -0.3 is 35.3 Å². The van der Waals surface area contributed by atoms with Crippen LogP contribution in [0.1, 0.15) is 97.4 Å². The molecular formula is C32H53N5O9S. The molecule has 1 aliphatic rings. The number of alkyl carbamates (subject to hydrolysis) is 1. The van der Waals surface area contributed by atoms with Gasteiger partial charge in [0.05, 0.1) is 16.6 Å².